The maximum atomic E-state index is 13.4. The van der Waals surface area contributed by atoms with Crippen molar-refractivity contribution in [3.63, 3.8) is 0 Å². The SMILES string of the molecule is COc1ccc(C2CC(=O)c3c(O)cc(OC)c(-c4cc(C5CC(=O)c6c(O)cc(OC)cc6O5)ccc4O)c3O2)cc1. The molecular formula is C33H28O10. The normalized spacial score (nSPS) is 17.3. The molecule has 43 heavy (non-hydrogen) atoms. The van der Waals surface area contributed by atoms with E-state index in [0.717, 1.165) is 5.56 Å². The van der Waals surface area contributed by atoms with Gasteiger partial charge < -0.3 is 39.0 Å². The third kappa shape index (κ3) is 4.80. The molecule has 0 amide bonds. The van der Waals surface area contributed by atoms with Crippen molar-refractivity contribution in [1.29, 1.82) is 0 Å². The molecule has 2 aliphatic rings. The summed E-state index contributed by atoms with van der Waals surface area (Å²) in [7, 11) is 4.39. The van der Waals surface area contributed by atoms with Crippen molar-refractivity contribution in [2.75, 3.05) is 21.3 Å². The van der Waals surface area contributed by atoms with Crippen molar-refractivity contribution in [2.45, 2.75) is 25.0 Å². The minimum absolute atomic E-state index is 0.0155. The average molecular weight is 585 g/mol. The molecule has 0 aromatic heterocycles. The first-order valence-corrected chi connectivity index (χ1v) is 13.4. The Kier molecular flexibility index (Phi) is 6.97. The lowest BCUT2D eigenvalue weighted by molar-refractivity contribution is 0.0834. The molecule has 0 radical (unpaired) electrons. The van der Waals surface area contributed by atoms with Crippen LogP contribution in [0.25, 0.3) is 11.1 Å². The predicted molar refractivity (Wildman–Crippen MR) is 154 cm³/mol. The van der Waals surface area contributed by atoms with E-state index in [-0.39, 0.29) is 81.2 Å². The summed E-state index contributed by atoms with van der Waals surface area (Å²) in [6.45, 7) is 0. The number of methoxy groups -OCH3 is 3. The molecule has 10 heteroatoms. The van der Waals surface area contributed by atoms with Crippen LogP contribution in [-0.4, -0.2) is 48.2 Å². The fourth-order valence-electron chi connectivity index (χ4n) is 5.56. The Bertz CT molecular complexity index is 1760. The van der Waals surface area contributed by atoms with E-state index in [1.807, 2.05) is 0 Å². The van der Waals surface area contributed by atoms with Crippen molar-refractivity contribution in [3.05, 3.63) is 82.9 Å². The van der Waals surface area contributed by atoms with Crippen molar-refractivity contribution < 1.29 is 48.6 Å². The van der Waals surface area contributed by atoms with E-state index in [1.165, 1.54) is 38.5 Å². The summed E-state index contributed by atoms with van der Waals surface area (Å²) in [6, 6.07) is 16.0. The standard InChI is InChI=1S/C33H28O10/c1-39-18-7-4-16(5-8-18)26-14-24(37)32-25(38)15-28(41-3)30(33(32)43-26)20-10-17(6-9-21(20)34)27-13-23(36)31-22(35)11-19(40-2)12-29(31)42-27/h4-12,15,26-27,34-35,38H,13-14H2,1-3H3. The third-order valence-electron chi connectivity index (χ3n) is 7.71. The van der Waals surface area contributed by atoms with Crippen molar-refractivity contribution >= 4 is 11.6 Å². The van der Waals surface area contributed by atoms with Gasteiger partial charge in [0.2, 0.25) is 0 Å². The molecule has 0 saturated heterocycles. The molecule has 2 heterocycles. The molecule has 2 aliphatic heterocycles. The minimum atomic E-state index is -0.764. The van der Waals surface area contributed by atoms with Crippen molar-refractivity contribution in [1.82, 2.24) is 0 Å². The monoisotopic (exact) mass is 584 g/mol. The van der Waals surface area contributed by atoms with Gasteiger partial charge in [-0.15, -0.1) is 0 Å². The Morgan fingerprint density at radius 1 is 0.628 bits per heavy atom. The first-order chi connectivity index (χ1) is 20.7. The minimum Gasteiger partial charge on any atom is -0.507 e. The van der Waals surface area contributed by atoms with E-state index in [9.17, 15) is 24.9 Å². The van der Waals surface area contributed by atoms with Crippen LogP contribution in [0, 0.1) is 0 Å². The van der Waals surface area contributed by atoms with E-state index in [0.29, 0.717) is 17.1 Å². The van der Waals surface area contributed by atoms with Gasteiger partial charge in [-0.25, -0.2) is 0 Å². The Morgan fingerprint density at radius 2 is 1.26 bits per heavy atom. The van der Waals surface area contributed by atoms with Gasteiger partial charge in [0.15, 0.2) is 11.6 Å². The van der Waals surface area contributed by atoms with Crippen LogP contribution in [0.3, 0.4) is 0 Å². The van der Waals surface area contributed by atoms with E-state index >= 15 is 0 Å². The lowest BCUT2D eigenvalue weighted by Crippen LogP contribution is -2.22. The summed E-state index contributed by atoms with van der Waals surface area (Å²) in [4.78, 5) is 26.4. The number of hydrogen-bond donors (Lipinski definition) is 3. The molecule has 220 valence electrons. The number of ether oxygens (including phenoxy) is 5. The molecule has 0 fully saturated rings. The van der Waals surface area contributed by atoms with Gasteiger partial charge in [-0.05, 0) is 35.4 Å². The highest BCUT2D eigenvalue weighted by atomic mass is 16.5. The number of phenols is 3. The first-order valence-electron chi connectivity index (χ1n) is 13.4. The summed E-state index contributed by atoms with van der Waals surface area (Å²) in [5.41, 5.74) is 1.80. The van der Waals surface area contributed by atoms with Crippen LogP contribution in [-0.2, 0) is 0 Å². The average Bonchev–Trinajstić information content (AvgIpc) is 3.00. The molecule has 2 unspecified atom stereocenters. The largest absolute Gasteiger partial charge is 0.507 e. The highest BCUT2D eigenvalue weighted by molar-refractivity contribution is 6.06. The van der Waals surface area contributed by atoms with E-state index in [1.54, 1.807) is 43.5 Å². The second kappa shape index (κ2) is 10.8. The Morgan fingerprint density at radius 3 is 1.93 bits per heavy atom. The van der Waals surface area contributed by atoms with Gasteiger partial charge in [-0.1, -0.05) is 18.2 Å². The molecule has 4 aromatic carbocycles. The van der Waals surface area contributed by atoms with Crippen LogP contribution in [0.15, 0.2) is 60.7 Å². The molecule has 0 bridgehead atoms. The maximum absolute atomic E-state index is 13.4. The number of aromatic hydroxyl groups is 3. The van der Waals surface area contributed by atoms with Gasteiger partial charge in [0.05, 0.1) is 39.7 Å². The predicted octanol–water partition coefficient (Wildman–Crippen LogP) is 5.91. The zero-order valence-electron chi connectivity index (χ0n) is 23.5. The molecule has 6 rings (SSSR count). The second-order valence-electron chi connectivity index (χ2n) is 10.2. The zero-order chi connectivity index (χ0) is 30.4. The topological polar surface area (TPSA) is 141 Å². The maximum Gasteiger partial charge on any atom is 0.174 e. The van der Waals surface area contributed by atoms with Crippen molar-refractivity contribution in [3.8, 4) is 57.1 Å². The molecule has 0 spiro atoms. The van der Waals surface area contributed by atoms with Gasteiger partial charge in [0.1, 0.15) is 69.3 Å². The number of ketones is 2. The fraction of sp³-hybridized carbons (Fsp3) is 0.212. The van der Waals surface area contributed by atoms with Gasteiger partial charge in [-0.2, -0.15) is 0 Å². The number of benzene rings is 4. The molecule has 10 nitrogen and oxygen atoms in total. The molecule has 0 saturated carbocycles. The van der Waals surface area contributed by atoms with Crippen LogP contribution in [0.1, 0.15) is 56.9 Å². The van der Waals surface area contributed by atoms with Gasteiger partial charge in [-0.3, -0.25) is 9.59 Å². The summed E-state index contributed by atoms with van der Waals surface area (Å²) in [6.07, 6.45) is -1.53. The van der Waals surface area contributed by atoms with E-state index in [4.69, 9.17) is 23.7 Å². The molecule has 4 aromatic rings. The fourth-order valence-corrected chi connectivity index (χ4v) is 5.56. The van der Waals surface area contributed by atoms with Crippen LogP contribution in [0.4, 0.5) is 0 Å². The number of rotatable bonds is 6. The van der Waals surface area contributed by atoms with Gasteiger partial charge in [0, 0.05) is 23.8 Å². The summed E-state index contributed by atoms with van der Waals surface area (Å²) in [5, 5.41) is 32.2. The number of Topliss-reactive ketones (excluding diaryl/α,β-unsaturated/α-hetero) is 2. The molecule has 2 atom stereocenters. The van der Waals surface area contributed by atoms with E-state index in [2.05, 4.69) is 0 Å². The van der Waals surface area contributed by atoms with Crippen LogP contribution < -0.4 is 23.7 Å². The lowest BCUT2D eigenvalue weighted by atomic mass is 9.89. The zero-order valence-corrected chi connectivity index (χ0v) is 23.5. The van der Waals surface area contributed by atoms with Crippen LogP contribution >= 0.6 is 0 Å². The Balaban J connectivity index is 1.45. The number of fused-ring (bicyclic) bond motifs is 2. The summed E-state index contributed by atoms with van der Waals surface area (Å²) in [5.74, 6) is -0.00789. The highest BCUT2D eigenvalue weighted by Crippen LogP contribution is 2.52. The smallest absolute Gasteiger partial charge is 0.174 e. The quantitative estimate of drug-likeness (QED) is 0.250. The highest BCUT2D eigenvalue weighted by Gasteiger charge is 2.36. The molecular weight excluding hydrogens is 556 g/mol. The number of hydrogen-bond acceptors (Lipinski definition) is 10. The van der Waals surface area contributed by atoms with E-state index < -0.39 is 12.2 Å². The number of carbonyl (C=O) groups is 2. The molecule has 3 N–H and O–H groups in total. The Labute approximate surface area is 246 Å². The van der Waals surface area contributed by atoms with Crippen LogP contribution in [0.5, 0.6) is 46.0 Å². The van der Waals surface area contributed by atoms with Crippen LogP contribution in [0.2, 0.25) is 0 Å². The van der Waals surface area contributed by atoms with Crippen molar-refractivity contribution in [2.24, 2.45) is 0 Å². The molecule has 0 aliphatic carbocycles. The number of carbonyl (C=O) groups excluding carboxylic acids is 2. The summed E-state index contributed by atoms with van der Waals surface area (Å²) >= 11 is 0. The Hall–Kier alpha value is -5.38. The number of phenolic OH excluding ortho intramolecular Hbond substituents is 3. The third-order valence-corrected chi connectivity index (χ3v) is 7.71. The summed E-state index contributed by atoms with van der Waals surface area (Å²) < 4.78 is 28.5. The van der Waals surface area contributed by atoms with Gasteiger partial charge in [0.25, 0.3) is 0 Å². The second-order valence-corrected chi connectivity index (χ2v) is 10.2. The van der Waals surface area contributed by atoms with Gasteiger partial charge >= 0.3 is 0 Å². The first kappa shape index (κ1) is 27.8. The lowest BCUT2D eigenvalue weighted by Gasteiger charge is -2.30.